The minimum atomic E-state index is -0.121. The van der Waals surface area contributed by atoms with Gasteiger partial charge in [-0.25, -0.2) is 4.79 Å². The lowest BCUT2D eigenvalue weighted by molar-refractivity contribution is -0.0407. The lowest BCUT2D eigenvalue weighted by Crippen LogP contribution is -2.49. The van der Waals surface area contributed by atoms with Crippen molar-refractivity contribution >= 4 is 23.3 Å². The first-order valence-electron chi connectivity index (χ1n) is 7.63. The normalized spacial score (nSPS) is 21.0. The number of urea groups is 1. The fourth-order valence-corrected chi connectivity index (χ4v) is 2.76. The molecule has 0 aliphatic carbocycles. The van der Waals surface area contributed by atoms with Crippen LogP contribution in [0.4, 0.5) is 10.5 Å². The molecule has 0 spiro atoms. The lowest BCUT2D eigenvalue weighted by Gasteiger charge is -2.38. The van der Waals surface area contributed by atoms with Gasteiger partial charge in [-0.2, -0.15) is 0 Å². The topological polar surface area (TPSA) is 41.6 Å². The Hall–Kier alpha value is -2.04. The fourth-order valence-electron chi connectivity index (χ4n) is 2.64. The maximum Gasteiger partial charge on any atom is 0.322 e. The van der Waals surface area contributed by atoms with E-state index in [4.69, 9.17) is 16.3 Å². The third-order valence-corrected chi connectivity index (χ3v) is 4.21. The minimum Gasteiger partial charge on any atom is -0.370 e. The first-order chi connectivity index (χ1) is 11.1. The molecule has 2 amide bonds. The van der Waals surface area contributed by atoms with E-state index in [-0.39, 0.29) is 18.2 Å². The second kappa shape index (κ2) is 7.02. The molecule has 1 saturated heterocycles. The Balaban J connectivity index is 1.69. The summed E-state index contributed by atoms with van der Waals surface area (Å²) in [5.74, 6) is 0. The van der Waals surface area contributed by atoms with Gasteiger partial charge in [-0.05, 0) is 36.8 Å². The van der Waals surface area contributed by atoms with E-state index in [9.17, 15) is 4.79 Å². The Labute approximate surface area is 141 Å². The highest BCUT2D eigenvalue weighted by atomic mass is 35.5. The molecule has 0 saturated carbocycles. The van der Waals surface area contributed by atoms with Crippen LogP contribution in [0.25, 0.3) is 0 Å². The molecule has 0 radical (unpaired) electrons. The predicted octanol–water partition coefficient (Wildman–Crippen LogP) is 4.33. The Bertz CT molecular complexity index is 660. The Morgan fingerprint density at radius 3 is 2.57 bits per heavy atom. The Kier molecular flexibility index (Phi) is 4.84. The van der Waals surface area contributed by atoms with Gasteiger partial charge in [-0.1, -0.05) is 41.9 Å². The van der Waals surface area contributed by atoms with Crippen LogP contribution in [-0.2, 0) is 4.74 Å². The van der Waals surface area contributed by atoms with Crippen LogP contribution in [0.1, 0.15) is 18.6 Å². The van der Waals surface area contributed by atoms with Gasteiger partial charge >= 0.3 is 6.03 Å². The van der Waals surface area contributed by atoms with Crippen molar-refractivity contribution in [2.24, 2.45) is 0 Å². The van der Waals surface area contributed by atoms with E-state index >= 15 is 0 Å². The van der Waals surface area contributed by atoms with Gasteiger partial charge < -0.3 is 15.0 Å². The van der Waals surface area contributed by atoms with E-state index in [1.54, 1.807) is 24.3 Å². The Morgan fingerprint density at radius 1 is 1.17 bits per heavy atom. The van der Waals surface area contributed by atoms with Gasteiger partial charge in [0.2, 0.25) is 0 Å². The molecule has 5 heteroatoms. The highest BCUT2D eigenvalue weighted by Gasteiger charge is 2.30. The first kappa shape index (κ1) is 15.8. The standard InChI is InChI=1S/C18H19ClN2O2/c1-13-12-23-17(14-5-3-2-4-6-14)11-21(13)18(22)20-16-9-7-15(19)8-10-16/h2-10,13,17H,11-12H2,1H3,(H,20,22). The molecule has 1 aliphatic heterocycles. The summed E-state index contributed by atoms with van der Waals surface area (Å²) in [6.45, 7) is 3.04. The molecule has 23 heavy (non-hydrogen) atoms. The monoisotopic (exact) mass is 330 g/mol. The summed E-state index contributed by atoms with van der Waals surface area (Å²) in [7, 11) is 0. The average molecular weight is 331 g/mol. The largest absolute Gasteiger partial charge is 0.370 e. The van der Waals surface area contributed by atoms with Crippen LogP contribution in [-0.4, -0.2) is 30.1 Å². The number of carbonyl (C=O) groups excluding carboxylic acids is 1. The Morgan fingerprint density at radius 2 is 1.87 bits per heavy atom. The summed E-state index contributed by atoms with van der Waals surface area (Å²) in [6, 6.07) is 17.0. The average Bonchev–Trinajstić information content (AvgIpc) is 2.58. The zero-order valence-electron chi connectivity index (χ0n) is 12.9. The highest BCUT2D eigenvalue weighted by Crippen LogP contribution is 2.25. The second-order valence-corrected chi connectivity index (χ2v) is 6.11. The van der Waals surface area contributed by atoms with E-state index in [0.717, 1.165) is 11.3 Å². The van der Waals surface area contributed by atoms with E-state index < -0.39 is 0 Å². The molecule has 4 nitrogen and oxygen atoms in total. The van der Waals surface area contributed by atoms with E-state index in [2.05, 4.69) is 5.32 Å². The van der Waals surface area contributed by atoms with Gasteiger partial charge in [0, 0.05) is 10.7 Å². The highest BCUT2D eigenvalue weighted by molar-refractivity contribution is 6.30. The zero-order chi connectivity index (χ0) is 16.2. The van der Waals surface area contributed by atoms with Crippen molar-refractivity contribution in [2.75, 3.05) is 18.5 Å². The lowest BCUT2D eigenvalue weighted by atomic mass is 10.1. The summed E-state index contributed by atoms with van der Waals surface area (Å²) in [6.07, 6.45) is -0.0941. The maximum absolute atomic E-state index is 12.6. The van der Waals surface area contributed by atoms with Crippen LogP contribution in [0.2, 0.25) is 5.02 Å². The fraction of sp³-hybridized carbons (Fsp3) is 0.278. The molecule has 2 aromatic carbocycles. The van der Waals surface area contributed by atoms with Crippen LogP contribution in [0.3, 0.4) is 0 Å². The molecule has 0 aromatic heterocycles. The summed E-state index contributed by atoms with van der Waals surface area (Å²) >= 11 is 5.87. The third kappa shape index (κ3) is 3.84. The quantitative estimate of drug-likeness (QED) is 0.890. The summed E-state index contributed by atoms with van der Waals surface area (Å²) in [4.78, 5) is 14.4. The van der Waals surface area contributed by atoms with Crippen molar-refractivity contribution in [3.8, 4) is 0 Å². The van der Waals surface area contributed by atoms with Crippen molar-refractivity contribution in [3.05, 3.63) is 65.2 Å². The number of hydrogen-bond acceptors (Lipinski definition) is 2. The molecule has 0 bridgehead atoms. The van der Waals surface area contributed by atoms with Crippen LogP contribution in [0, 0.1) is 0 Å². The third-order valence-electron chi connectivity index (χ3n) is 3.96. The molecule has 3 rings (SSSR count). The number of nitrogens with zero attached hydrogens (tertiary/aromatic N) is 1. The first-order valence-corrected chi connectivity index (χ1v) is 8.01. The van der Waals surface area contributed by atoms with Gasteiger partial charge in [-0.3, -0.25) is 0 Å². The molecule has 2 unspecified atom stereocenters. The molecule has 1 aliphatic rings. The number of morpholine rings is 1. The molecule has 120 valence electrons. The van der Waals surface area contributed by atoms with Gasteiger partial charge in [0.15, 0.2) is 0 Å². The van der Waals surface area contributed by atoms with Crippen molar-refractivity contribution in [1.82, 2.24) is 4.90 Å². The summed E-state index contributed by atoms with van der Waals surface area (Å²) < 4.78 is 5.88. The van der Waals surface area contributed by atoms with Gasteiger partial charge in [0.25, 0.3) is 0 Å². The number of nitrogens with one attached hydrogen (secondary N) is 1. The number of ether oxygens (including phenoxy) is 1. The van der Waals surface area contributed by atoms with Crippen LogP contribution >= 0.6 is 11.6 Å². The maximum atomic E-state index is 12.6. The second-order valence-electron chi connectivity index (χ2n) is 5.67. The predicted molar refractivity (Wildman–Crippen MR) is 91.8 cm³/mol. The SMILES string of the molecule is CC1COC(c2ccccc2)CN1C(=O)Nc1ccc(Cl)cc1. The van der Waals surface area contributed by atoms with E-state index in [0.29, 0.717) is 18.2 Å². The molecule has 1 heterocycles. The minimum absolute atomic E-state index is 0.0299. The number of carbonyl (C=O) groups is 1. The number of rotatable bonds is 2. The van der Waals surface area contributed by atoms with Crippen LogP contribution < -0.4 is 5.32 Å². The van der Waals surface area contributed by atoms with Crippen molar-refractivity contribution in [1.29, 1.82) is 0 Å². The van der Waals surface area contributed by atoms with Gasteiger partial charge in [0.1, 0.15) is 6.10 Å². The summed E-state index contributed by atoms with van der Waals surface area (Å²) in [5.41, 5.74) is 1.82. The van der Waals surface area contributed by atoms with Crippen molar-refractivity contribution < 1.29 is 9.53 Å². The molecule has 2 aromatic rings. The van der Waals surface area contributed by atoms with Crippen LogP contribution in [0.5, 0.6) is 0 Å². The smallest absolute Gasteiger partial charge is 0.322 e. The summed E-state index contributed by atoms with van der Waals surface area (Å²) in [5, 5.41) is 3.56. The van der Waals surface area contributed by atoms with E-state index in [1.165, 1.54) is 0 Å². The molecule has 1 N–H and O–H groups in total. The van der Waals surface area contributed by atoms with Gasteiger partial charge in [0.05, 0.1) is 19.2 Å². The number of halogens is 1. The van der Waals surface area contributed by atoms with Gasteiger partial charge in [-0.15, -0.1) is 0 Å². The molecular weight excluding hydrogens is 312 g/mol. The van der Waals surface area contributed by atoms with Crippen molar-refractivity contribution in [3.63, 3.8) is 0 Å². The molecule has 2 atom stereocenters. The molecule has 1 fully saturated rings. The number of benzene rings is 2. The van der Waals surface area contributed by atoms with Crippen LogP contribution in [0.15, 0.2) is 54.6 Å². The number of anilines is 1. The zero-order valence-corrected chi connectivity index (χ0v) is 13.7. The van der Waals surface area contributed by atoms with E-state index in [1.807, 2.05) is 42.2 Å². The number of amides is 2. The molecular formula is C18H19ClN2O2. The van der Waals surface area contributed by atoms with Crippen molar-refractivity contribution in [2.45, 2.75) is 19.1 Å². The number of hydrogen-bond donors (Lipinski definition) is 1.